The van der Waals surface area contributed by atoms with E-state index in [2.05, 4.69) is 39.5 Å². The lowest BCUT2D eigenvalue weighted by molar-refractivity contribution is 0.751. The molecular weight excluding hydrogens is 232 g/mol. The predicted octanol–water partition coefficient (Wildman–Crippen LogP) is 1.98. The highest BCUT2D eigenvalue weighted by molar-refractivity contribution is 7.13. The van der Waals surface area contributed by atoms with Crippen LogP contribution in [0, 0.1) is 6.92 Å². The molecule has 0 aromatic carbocycles. The molecule has 1 aliphatic heterocycles. The molecule has 17 heavy (non-hydrogen) atoms. The molecule has 1 fully saturated rings. The molecular formula is C12H16N4S. The molecule has 3 rings (SSSR count). The van der Waals surface area contributed by atoms with Crippen LogP contribution in [-0.4, -0.2) is 29.3 Å². The van der Waals surface area contributed by atoms with Crippen LogP contribution in [0.2, 0.25) is 0 Å². The zero-order valence-electron chi connectivity index (χ0n) is 9.81. The van der Waals surface area contributed by atoms with E-state index in [1.165, 1.54) is 10.4 Å². The number of H-pyrrole nitrogens is 1. The van der Waals surface area contributed by atoms with Gasteiger partial charge in [-0.2, -0.15) is 5.10 Å². The summed E-state index contributed by atoms with van der Waals surface area (Å²) in [4.78, 5) is 3.51. The Labute approximate surface area is 104 Å². The normalized spacial score (nSPS) is 20.1. The Balaban J connectivity index is 1.86. The van der Waals surface area contributed by atoms with E-state index in [0.29, 0.717) is 6.04 Å². The number of hydrogen-bond donors (Lipinski definition) is 2. The van der Waals surface area contributed by atoms with Gasteiger partial charge >= 0.3 is 0 Å². The Morgan fingerprint density at radius 2 is 2.47 bits per heavy atom. The van der Waals surface area contributed by atoms with Gasteiger partial charge in [0.05, 0.1) is 10.6 Å². The van der Waals surface area contributed by atoms with Crippen LogP contribution in [0.4, 0.5) is 5.82 Å². The summed E-state index contributed by atoms with van der Waals surface area (Å²) in [5, 5.41) is 9.61. The van der Waals surface area contributed by atoms with Gasteiger partial charge < -0.3 is 10.6 Å². The molecule has 2 aromatic heterocycles. The van der Waals surface area contributed by atoms with E-state index in [1.54, 1.807) is 11.3 Å². The van der Waals surface area contributed by atoms with Crippen molar-refractivity contribution in [2.45, 2.75) is 19.4 Å². The van der Waals surface area contributed by atoms with Crippen molar-refractivity contribution in [2.75, 3.05) is 18.0 Å². The Morgan fingerprint density at radius 1 is 1.59 bits per heavy atom. The van der Waals surface area contributed by atoms with E-state index in [4.69, 9.17) is 5.73 Å². The van der Waals surface area contributed by atoms with Crippen molar-refractivity contribution in [3.63, 3.8) is 0 Å². The van der Waals surface area contributed by atoms with Crippen molar-refractivity contribution in [3.8, 4) is 10.6 Å². The molecule has 0 saturated carbocycles. The fourth-order valence-corrected chi connectivity index (χ4v) is 3.13. The molecule has 0 spiro atoms. The van der Waals surface area contributed by atoms with Gasteiger partial charge in [0, 0.05) is 25.2 Å². The van der Waals surface area contributed by atoms with Gasteiger partial charge in [0.25, 0.3) is 0 Å². The maximum absolute atomic E-state index is 5.91. The first-order valence-electron chi connectivity index (χ1n) is 5.84. The number of rotatable bonds is 2. The second kappa shape index (κ2) is 4.16. The number of nitrogens with one attached hydrogen (secondary N) is 1. The van der Waals surface area contributed by atoms with E-state index in [1.807, 2.05) is 0 Å². The summed E-state index contributed by atoms with van der Waals surface area (Å²) in [7, 11) is 0. The van der Waals surface area contributed by atoms with Crippen LogP contribution in [0.1, 0.15) is 12.0 Å². The average Bonchev–Trinajstić information content (AvgIpc) is 2.97. The SMILES string of the molecule is Cc1ccsc1-c1cc(N2CCC(N)C2)n[nH]1. The second-order valence-electron chi connectivity index (χ2n) is 4.57. The lowest BCUT2D eigenvalue weighted by Crippen LogP contribution is -2.26. The van der Waals surface area contributed by atoms with Crippen molar-refractivity contribution in [3.05, 3.63) is 23.1 Å². The maximum Gasteiger partial charge on any atom is 0.151 e. The first-order chi connectivity index (χ1) is 8.24. The molecule has 0 amide bonds. The summed E-state index contributed by atoms with van der Waals surface area (Å²) in [6, 6.07) is 4.54. The first-order valence-corrected chi connectivity index (χ1v) is 6.72. The molecule has 90 valence electrons. The Hall–Kier alpha value is -1.33. The van der Waals surface area contributed by atoms with E-state index in [9.17, 15) is 0 Å². The maximum atomic E-state index is 5.91. The quantitative estimate of drug-likeness (QED) is 0.854. The number of aromatic nitrogens is 2. The lowest BCUT2D eigenvalue weighted by Gasteiger charge is -2.13. The molecule has 0 radical (unpaired) electrons. The third kappa shape index (κ3) is 1.96. The number of thiophene rings is 1. The van der Waals surface area contributed by atoms with E-state index < -0.39 is 0 Å². The monoisotopic (exact) mass is 248 g/mol. The van der Waals surface area contributed by atoms with Crippen LogP contribution < -0.4 is 10.6 Å². The molecule has 3 N–H and O–H groups in total. The number of aromatic amines is 1. The smallest absolute Gasteiger partial charge is 0.151 e. The Bertz CT molecular complexity index is 516. The largest absolute Gasteiger partial charge is 0.354 e. The minimum Gasteiger partial charge on any atom is -0.354 e. The molecule has 4 nitrogen and oxygen atoms in total. The van der Waals surface area contributed by atoms with Gasteiger partial charge in [0.15, 0.2) is 5.82 Å². The second-order valence-corrected chi connectivity index (χ2v) is 5.48. The van der Waals surface area contributed by atoms with Crippen molar-refractivity contribution in [1.29, 1.82) is 0 Å². The molecule has 1 atom stereocenters. The summed E-state index contributed by atoms with van der Waals surface area (Å²) in [5.41, 5.74) is 8.31. The molecule has 0 aliphatic carbocycles. The number of nitrogens with zero attached hydrogens (tertiary/aromatic N) is 2. The Morgan fingerprint density at radius 3 is 3.12 bits per heavy atom. The molecule has 0 bridgehead atoms. The van der Waals surface area contributed by atoms with Gasteiger partial charge in [-0.1, -0.05) is 0 Å². The van der Waals surface area contributed by atoms with Crippen LogP contribution in [0.15, 0.2) is 17.5 Å². The Kier molecular flexibility index (Phi) is 2.64. The minimum atomic E-state index is 0.290. The van der Waals surface area contributed by atoms with Gasteiger partial charge in [0.1, 0.15) is 0 Å². The fourth-order valence-electron chi connectivity index (χ4n) is 2.23. The van der Waals surface area contributed by atoms with Crippen LogP contribution >= 0.6 is 11.3 Å². The molecule has 1 unspecified atom stereocenters. The van der Waals surface area contributed by atoms with Crippen molar-refractivity contribution < 1.29 is 0 Å². The summed E-state index contributed by atoms with van der Waals surface area (Å²) in [6.07, 6.45) is 1.06. The average molecular weight is 248 g/mol. The van der Waals surface area contributed by atoms with Crippen LogP contribution in [-0.2, 0) is 0 Å². The topological polar surface area (TPSA) is 57.9 Å². The number of anilines is 1. The zero-order valence-corrected chi connectivity index (χ0v) is 10.6. The molecule has 1 saturated heterocycles. The van der Waals surface area contributed by atoms with Gasteiger partial charge in [-0.05, 0) is 30.4 Å². The fraction of sp³-hybridized carbons (Fsp3) is 0.417. The van der Waals surface area contributed by atoms with Gasteiger partial charge in [-0.25, -0.2) is 0 Å². The zero-order chi connectivity index (χ0) is 11.8. The number of aryl methyl sites for hydroxylation is 1. The van der Waals surface area contributed by atoms with Crippen LogP contribution in [0.25, 0.3) is 10.6 Å². The minimum absolute atomic E-state index is 0.290. The summed E-state index contributed by atoms with van der Waals surface area (Å²) in [6.45, 7) is 4.04. The van der Waals surface area contributed by atoms with Gasteiger partial charge in [-0.3, -0.25) is 5.10 Å². The molecule has 5 heteroatoms. The van der Waals surface area contributed by atoms with Crippen LogP contribution in [0.5, 0.6) is 0 Å². The number of hydrogen-bond acceptors (Lipinski definition) is 4. The van der Waals surface area contributed by atoms with E-state index in [0.717, 1.165) is 31.0 Å². The first kappa shape index (κ1) is 10.8. The molecule has 1 aliphatic rings. The van der Waals surface area contributed by atoms with Gasteiger partial charge in [0.2, 0.25) is 0 Å². The van der Waals surface area contributed by atoms with E-state index in [-0.39, 0.29) is 0 Å². The summed E-state index contributed by atoms with van der Waals surface area (Å²) >= 11 is 1.74. The number of nitrogens with two attached hydrogens (primary N) is 1. The predicted molar refractivity (Wildman–Crippen MR) is 71.4 cm³/mol. The third-order valence-electron chi connectivity index (χ3n) is 3.22. The summed E-state index contributed by atoms with van der Waals surface area (Å²) in [5.74, 6) is 1.01. The van der Waals surface area contributed by atoms with Crippen molar-refractivity contribution >= 4 is 17.2 Å². The van der Waals surface area contributed by atoms with Gasteiger partial charge in [-0.15, -0.1) is 11.3 Å². The highest BCUT2D eigenvalue weighted by Crippen LogP contribution is 2.30. The molecule has 2 aromatic rings. The van der Waals surface area contributed by atoms with Crippen molar-refractivity contribution in [1.82, 2.24) is 10.2 Å². The lowest BCUT2D eigenvalue weighted by atomic mass is 10.2. The highest BCUT2D eigenvalue weighted by atomic mass is 32.1. The van der Waals surface area contributed by atoms with Crippen molar-refractivity contribution in [2.24, 2.45) is 5.73 Å². The standard InChI is InChI=1S/C12H16N4S/c1-8-3-5-17-12(8)10-6-11(15-14-10)16-4-2-9(13)7-16/h3,5-6,9H,2,4,7,13H2,1H3,(H,14,15). The molecule has 3 heterocycles. The summed E-state index contributed by atoms with van der Waals surface area (Å²) < 4.78 is 0. The third-order valence-corrected chi connectivity index (χ3v) is 4.27. The van der Waals surface area contributed by atoms with E-state index >= 15 is 0 Å². The highest BCUT2D eigenvalue weighted by Gasteiger charge is 2.21. The van der Waals surface area contributed by atoms with Crippen LogP contribution in [0.3, 0.4) is 0 Å².